The molecule has 2 aromatic rings. The molecule has 0 saturated carbocycles. The molecule has 0 unspecified atom stereocenters. The van der Waals surface area contributed by atoms with E-state index in [4.69, 9.17) is 4.74 Å². The number of amides is 4. The zero-order valence-electron chi connectivity index (χ0n) is 18.2. The number of nitrogens with zero attached hydrogens (tertiary/aromatic N) is 3. The number of rotatable bonds is 3. The minimum Gasteiger partial charge on any atom is -0.492 e. The molecule has 5 rings (SSSR count). The van der Waals surface area contributed by atoms with Crippen LogP contribution in [0.4, 0.5) is 16.2 Å². The maximum absolute atomic E-state index is 14.2. The van der Waals surface area contributed by atoms with Crippen LogP contribution in [0.1, 0.15) is 12.5 Å². The van der Waals surface area contributed by atoms with Gasteiger partial charge in [-0.15, -0.1) is 0 Å². The van der Waals surface area contributed by atoms with E-state index < -0.39 is 29.3 Å². The number of ether oxygens (including phenoxy) is 1. The number of nitrogens with one attached hydrogen (secondary N) is 1. The van der Waals surface area contributed by atoms with E-state index in [0.29, 0.717) is 31.1 Å². The van der Waals surface area contributed by atoms with Crippen molar-refractivity contribution in [3.63, 3.8) is 0 Å². The van der Waals surface area contributed by atoms with Crippen molar-refractivity contribution in [3.05, 3.63) is 54.1 Å². The molecule has 4 amide bonds. The smallest absolute Gasteiger partial charge is 0.335 e. The van der Waals surface area contributed by atoms with Gasteiger partial charge >= 0.3 is 6.03 Å². The molecule has 3 aliphatic heterocycles. The molecule has 0 bridgehead atoms. The highest BCUT2D eigenvalue weighted by Gasteiger charge is 2.63. The van der Waals surface area contributed by atoms with E-state index in [9.17, 15) is 14.4 Å². The number of fused-ring (bicyclic) bond motifs is 4. The minimum absolute atomic E-state index is 0.240. The average molecular weight is 434 g/mol. The highest BCUT2D eigenvalue weighted by Crippen LogP contribution is 2.46. The van der Waals surface area contributed by atoms with Gasteiger partial charge in [0, 0.05) is 25.3 Å². The number of barbiturate groups is 1. The second kappa shape index (κ2) is 7.63. The number of hydrogen-bond acceptors (Lipinski definition) is 6. The normalized spacial score (nSPS) is 25.4. The van der Waals surface area contributed by atoms with E-state index in [2.05, 4.69) is 15.1 Å². The topological polar surface area (TPSA) is 82.2 Å². The molecule has 1 N–H and O–H groups in total. The SMILES string of the molecule is CCOc1ccccc1N1C(=O)NC(=O)[C@]2(Cc3ccccc3N3CCN(C)C[C@@H]32)C1=O. The van der Waals surface area contributed by atoms with E-state index in [0.717, 1.165) is 22.7 Å². The molecule has 0 aliphatic carbocycles. The first-order valence-electron chi connectivity index (χ1n) is 10.9. The van der Waals surface area contributed by atoms with Crippen molar-refractivity contribution in [2.45, 2.75) is 19.4 Å². The number of imide groups is 2. The summed E-state index contributed by atoms with van der Waals surface area (Å²) in [5.41, 5.74) is 0.911. The summed E-state index contributed by atoms with van der Waals surface area (Å²) in [6.45, 7) is 4.30. The first-order chi connectivity index (χ1) is 15.5. The number of likely N-dealkylation sites (N-methyl/N-ethyl adjacent to an activating group) is 1. The molecular weight excluding hydrogens is 408 g/mol. The van der Waals surface area contributed by atoms with Crippen LogP contribution in [-0.2, 0) is 16.0 Å². The van der Waals surface area contributed by atoms with Gasteiger partial charge in [0.2, 0.25) is 5.91 Å². The fraction of sp³-hybridized carbons (Fsp3) is 0.375. The summed E-state index contributed by atoms with van der Waals surface area (Å²) in [6.07, 6.45) is 0.240. The van der Waals surface area contributed by atoms with Crippen molar-refractivity contribution in [1.29, 1.82) is 0 Å². The highest BCUT2D eigenvalue weighted by atomic mass is 16.5. The summed E-state index contributed by atoms with van der Waals surface area (Å²) < 4.78 is 5.69. The van der Waals surface area contributed by atoms with E-state index in [1.807, 2.05) is 38.2 Å². The molecule has 2 aromatic carbocycles. The highest BCUT2D eigenvalue weighted by molar-refractivity contribution is 6.31. The molecule has 1 spiro atoms. The summed E-state index contributed by atoms with van der Waals surface area (Å²) in [5, 5.41) is 2.49. The first kappa shape index (κ1) is 20.5. The Bertz CT molecular complexity index is 1100. The largest absolute Gasteiger partial charge is 0.492 e. The van der Waals surface area contributed by atoms with Gasteiger partial charge < -0.3 is 14.5 Å². The Labute approximate surface area is 186 Å². The molecule has 2 atom stereocenters. The third kappa shape index (κ3) is 2.90. The second-order valence-corrected chi connectivity index (χ2v) is 8.55. The summed E-state index contributed by atoms with van der Waals surface area (Å²) in [5.74, 6) is -0.604. The van der Waals surface area contributed by atoms with E-state index in [1.54, 1.807) is 24.3 Å². The molecule has 2 fully saturated rings. The molecule has 2 saturated heterocycles. The number of piperazine rings is 1. The maximum atomic E-state index is 14.2. The summed E-state index contributed by atoms with van der Waals surface area (Å²) in [6, 6.07) is 13.7. The number of carbonyl (C=O) groups excluding carboxylic acids is 3. The zero-order chi connectivity index (χ0) is 22.5. The van der Waals surface area contributed by atoms with Gasteiger partial charge in [-0.25, -0.2) is 9.69 Å². The molecule has 0 aromatic heterocycles. The van der Waals surface area contributed by atoms with Crippen molar-refractivity contribution in [1.82, 2.24) is 10.2 Å². The molecule has 166 valence electrons. The van der Waals surface area contributed by atoms with Crippen LogP contribution in [0.15, 0.2) is 48.5 Å². The number of hydrogen-bond donors (Lipinski definition) is 1. The minimum atomic E-state index is -1.42. The van der Waals surface area contributed by atoms with Crippen LogP contribution in [-0.4, -0.2) is 62.1 Å². The van der Waals surface area contributed by atoms with Crippen LogP contribution in [0.3, 0.4) is 0 Å². The predicted octanol–water partition coefficient (Wildman–Crippen LogP) is 2.03. The second-order valence-electron chi connectivity index (χ2n) is 8.55. The molecular formula is C24H26N4O4. The third-order valence-electron chi connectivity index (χ3n) is 6.74. The number of carbonyl (C=O) groups is 3. The third-order valence-corrected chi connectivity index (χ3v) is 6.74. The molecule has 8 heteroatoms. The van der Waals surface area contributed by atoms with Gasteiger partial charge in [-0.1, -0.05) is 30.3 Å². The van der Waals surface area contributed by atoms with Gasteiger partial charge in [0.05, 0.1) is 18.3 Å². The molecule has 0 radical (unpaired) electrons. The lowest BCUT2D eigenvalue weighted by Gasteiger charge is -2.55. The summed E-state index contributed by atoms with van der Waals surface area (Å²) in [7, 11) is 1.99. The standard InChI is InChI=1S/C24H26N4O4/c1-3-32-19-11-7-6-10-18(19)28-22(30)24(21(29)25-23(28)31)14-16-8-4-5-9-17(16)27-13-12-26(2)15-20(24)27/h4-11,20H,3,12-15H2,1-2H3,(H,25,29,31)/t20-,24-/m1/s1. The lowest BCUT2D eigenvalue weighted by atomic mass is 9.67. The van der Waals surface area contributed by atoms with Crippen LogP contribution in [0.2, 0.25) is 0 Å². The van der Waals surface area contributed by atoms with Gasteiger partial charge in [0.15, 0.2) is 5.41 Å². The first-order valence-corrected chi connectivity index (χ1v) is 10.9. The Kier molecular flexibility index (Phi) is 4.89. The van der Waals surface area contributed by atoms with Gasteiger partial charge in [-0.2, -0.15) is 0 Å². The number of benzene rings is 2. The lowest BCUT2D eigenvalue weighted by molar-refractivity contribution is -0.145. The van der Waals surface area contributed by atoms with Crippen molar-refractivity contribution in [2.24, 2.45) is 5.41 Å². The Balaban J connectivity index is 1.66. The average Bonchev–Trinajstić information content (AvgIpc) is 2.78. The van der Waals surface area contributed by atoms with E-state index in [-0.39, 0.29) is 6.42 Å². The predicted molar refractivity (Wildman–Crippen MR) is 120 cm³/mol. The fourth-order valence-corrected chi connectivity index (χ4v) is 5.23. The quantitative estimate of drug-likeness (QED) is 0.745. The van der Waals surface area contributed by atoms with E-state index >= 15 is 0 Å². The number of urea groups is 1. The van der Waals surface area contributed by atoms with Gasteiger partial charge in [-0.3, -0.25) is 14.9 Å². The molecule has 32 heavy (non-hydrogen) atoms. The van der Waals surface area contributed by atoms with Crippen molar-refractivity contribution < 1.29 is 19.1 Å². The van der Waals surface area contributed by atoms with Crippen molar-refractivity contribution >= 4 is 29.2 Å². The number of anilines is 2. The van der Waals surface area contributed by atoms with Crippen LogP contribution in [0.5, 0.6) is 5.75 Å². The Morgan fingerprint density at radius 2 is 1.75 bits per heavy atom. The molecule has 3 heterocycles. The van der Waals surface area contributed by atoms with E-state index in [1.165, 1.54) is 0 Å². The maximum Gasteiger partial charge on any atom is 0.335 e. The van der Waals surface area contributed by atoms with Crippen LogP contribution in [0, 0.1) is 5.41 Å². The van der Waals surface area contributed by atoms with Crippen LogP contribution >= 0.6 is 0 Å². The van der Waals surface area contributed by atoms with Crippen LogP contribution in [0.25, 0.3) is 0 Å². The molecule has 3 aliphatic rings. The van der Waals surface area contributed by atoms with Crippen molar-refractivity contribution in [2.75, 3.05) is 43.1 Å². The van der Waals surface area contributed by atoms with Gasteiger partial charge in [0.1, 0.15) is 5.75 Å². The number of para-hydroxylation sites is 3. The van der Waals surface area contributed by atoms with Gasteiger partial charge in [-0.05, 0) is 44.2 Å². The molecule has 8 nitrogen and oxygen atoms in total. The monoisotopic (exact) mass is 434 g/mol. The fourth-order valence-electron chi connectivity index (χ4n) is 5.23. The van der Waals surface area contributed by atoms with Gasteiger partial charge in [0.25, 0.3) is 5.91 Å². The summed E-state index contributed by atoms with van der Waals surface area (Å²) in [4.78, 5) is 46.0. The Hall–Kier alpha value is -3.39. The Morgan fingerprint density at radius 3 is 2.53 bits per heavy atom. The van der Waals surface area contributed by atoms with Crippen LogP contribution < -0.4 is 19.9 Å². The lowest BCUT2D eigenvalue weighted by Crippen LogP contribution is -2.75. The van der Waals surface area contributed by atoms with Crippen molar-refractivity contribution in [3.8, 4) is 5.75 Å². The zero-order valence-corrected chi connectivity index (χ0v) is 18.2. The summed E-state index contributed by atoms with van der Waals surface area (Å²) >= 11 is 0. The Morgan fingerprint density at radius 1 is 1.03 bits per heavy atom.